The lowest BCUT2D eigenvalue weighted by Gasteiger charge is -2.23. The molecule has 0 fully saturated rings. The Bertz CT molecular complexity index is 708. The number of aromatic nitrogens is 2. The Hall–Kier alpha value is -2.34. The molecular weight excluding hydrogens is 314 g/mol. The Morgan fingerprint density at radius 2 is 2.04 bits per heavy atom. The van der Waals surface area contributed by atoms with Gasteiger partial charge in [-0.1, -0.05) is 23.8 Å². The second kappa shape index (κ2) is 8.67. The lowest BCUT2D eigenvalue weighted by Crippen LogP contribution is -2.41. The van der Waals surface area contributed by atoms with Gasteiger partial charge in [0.2, 0.25) is 0 Å². The van der Waals surface area contributed by atoms with Crippen molar-refractivity contribution in [1.29, 1.82) is 0 Å². The fourth-order valence-electron chi connectivity index (χ4n) is 2.90. The highest BCUT2D eigenvalue weighted by Crippen LogP contribution is 2.16. The molecule has 0 bridgehead atoms. The molecular formula is C19H29N5O. The third-order valence-electron chi connectivity index (χ3n) is 4.37. The van der Waals surface area contributed by atoms with Gasteiger partial charge in [0.25, 0.3) is 0 Å². The largest absolute Gasteiger partial charge is 0.338 e. The van der Waals surface area contributed by atoms with Gasteiger partial charge in [-0.05, 0) is 45.5 Å². The van der Waals surface area contributed by atoms with Crippen LogP contribution in [0.2, 0.25) is 0 Å². The van der Waals surface area contributed by atoms with Gasteiger partial charge in [0.05, 0.1) is 12.2 Å². The van der Waals surface area contributed by atoms with Crippen LogP contribution in [0.15, 0.2) is 30.6 Å². The van der Waals surface area contributed by atoms with Gasteiger partial charge in [-0.2, -0.15) is 5.10 Å². The highest BCUT2D eigenvalue weighted by atomic mass is 16.2. The Kier molecular flexibility index (Phi) is 6.58. The molecule has 1 heterocycles. The van der Waals surface area contributed by atoms with Crippen LogP contribution >= 0.6 is 0 Å². The SMILES string of the molecule is Cc1ccc(CCNC(=O)NC[C@H](c2cnn(C)c2)N(C)C)c(C)c1. The Labute approximate surface area is 150 Å². The van der Waals surface area contributed by atoms with Gasteiger partial charge in [-0.3, -0.25) is 4.68 Å². The predicted octanol–water partition coefficient (Wildman–Crippen LogP) is 2.18. The monoisotopic (exact) mass is 343 g/mol. The second-order valence-electron chi connectivity index (χ2n) is 6.74. The van der Waals surface area contributed by atoms with Crippen LogP contribution in [0.4, 0.5) is 4.79 Å². The van der Waals surface area contributed by atoms with Crippen LogP contribution in [-0.4, -0.2) is 47.9 Å². The van der Waals surface area contributed by atoms with Gasteiger partial charge in [-0.25, -0.2) is 4.79 Å². The summed E-state index contributed by atoms with van der Waals surface area (Å²) in [7, 11) is 5.89. The average Bonchev–Trinajstić information content (AvgIpc) is 2.95. The molecule has 0 aliphatic carbocycles. The number of aryl methyl sites for hydroxylation is 3. The standard InChI is InChI=1S/C19H29N5O/c1-14-6-7-16(15(2)10-14)8-9-20-19(25)21-12-18(23(3)4)17-11-22-24(5)13-17/h6-7,10-11,13,18H,8-9,12H2,1-5H3,(H2,20,21,25)/t18-/m1/s1. The first-order valence-electron chi connectivity index (χ1n) is 8.59. The molecule has 1 aromatic carbocycles. The molecule has 0 saturated carbocycles. The van der Waals surface area contributed by atoms with Gasteiger partial charge < -0.3 is 15.5 Å². The maximum Gasteiger partial charge on any atom is 0.314 e. The number of likely N-dealkylation sites (N-methyl/N-ethyl adjacent to an activating group) is 1. The first-order chi connectivity index (χ1) is 11.9. The van der Waals surface area contributed by atoms with Gasteiger partial charge in [0.1, 0.15) is 0 Å². The summed E-state index contributed by atoms with van der Waals surface area (Å²) in [5.74, 6) is 0. The molecule has 2 amide bonds. The topological polar surface area (TPSA) is 62.2 Å². The summed E-state index contributed by atoms with van der Waals surface area (Å²) in [5, 5.41) is 10.1. The molecule has 1 aromatic heterocycles. The van der Waals surface area contributed by atoms with Crippen molar-refractivity contribution in [1.82, 2.24) is 25.3 Å². The van der Waals surface area contributed by atoms with E-state index >= 15 is 0 Å². The van der Waals surface area contributed by atoms with E-state index in [2.05, 4.69) is 52.7 Å². The molecule has 6 nitrogen and oxygen atoms in total. The van der Waals surface area contributed by atoms with E-state index in [9.17, 15) is 4.79 Å². The van der Waals surface area contributed by atoms with Crippen molar-refractivity contribution in [2.75, 3.05) is 27.2 Å². The minimum Gasteiger partial charge on any atom is -0.338 e. The fourth-order valence-corrected chi connectivity index (χ4v) is 2.90. The number of hydrogen-bond donors (Lipinski definition) is 2. The maximum absolute atomic E-state index is 12.1. The zero-order chi connectivity index (χ0) is 18.4. The molecule has 0 spiro atoms. The van der Waals surface area contributed by atoms with E-state index in [0.29, 0.717) is 13.1 Å². The molecule has 0 radical (unpaired) electrons. The van der Waals surface area contributed by atoms with Crippen molar-refractivity contribution in [2.45, 2.75) is 26.3 Å². The highest BCUT2D eigenvalue weighted by molar-refractivity contribution is 5.73. The summed E-state index contributed by atoms with van der Waals surface area (Å²) in [4.78, 5) is 14.2. The van der Waals surface area contributed by atoms with E-state index < -0.39 is 0 Å². The summed E-state index contributed by atoms with van der Waals surface area (Å²) in [6.07, 6.45) is 4.65. The van der Waals surface area contributed by atoms with Crippen molar-refractivity contribution >= 4 is 6.03 Å². The lowest BCUT2D eigenvalue weighted by atomic mass is 10.0. The number of rotatable bonds is 7. The first kappa shape index (κ1) is 19.0. The van der Waals surface area contributed by atoms with Gasteiger partial charge in [0, 0.05) is 31.9 Å². The molecule has 0 saturated heterocycles. The molecule has 2 aromatic rings. The average molecular weight is 343 g/mol. The molecule has 0 unspecified atom stereocenters. The van der Waals surface area contributed by atoms with Crippen LogP contribution in [0.3, 0.4) is 0 Å². The molecule has 1 atom stereocenters. The minimum atomic E-state index is -0.138. The molecule has 6 heteroatoms. The van der Waals surface area contributed by atoms with Crippen LogP contribution in [-0.2, 0) is 13.5 Å². The molecule has 136 valence electrons. The zero-order valence-electron chi connectivity index (χ0n) is 15.8. The fraction of sp³-hybridized carbons (Fsp3) is 0.474. The Morgan fingerprint density at radius 3 is 2.64 bits per heavy atom. The quantitative estimate of drug-likeness (QED) is 0.810. The van der Waals surface area contributed by atoms with Crippen LogP contribution in [0.25, 0.3) is 0 Å². The van der Waals surface area contributed by atoms with Gasteiger partial charge in [0.15, 0.2) is 0 Å². The number of urea groups is 1. The number of carbonyl (C=O) groups excluding carboxylic acids is 1. The minimum absolute atomic E-state index is 0.0961. The highest BCUT2D eigenvalue weighted by Gasteiger charge is 2.16. The number of benzene rings is 1. The summed E-state index contributed by atoms with van der Waals surface area (Å²) >= 11 is 0. The third-order valence-corrected chi connectivity index (χ3v) is 4.37. The molecule has 2 N–H and O–H groups in total. The molecule has 0 aliphatic rings. The molecule has 25 heavy (non-hydrogen) atoms. The van der Waals surface area contributed by atoms with Crippen molar-refractivity contribution < 1.29 is 4.79 Å². The summed E-state index contributed by atoms with van der Waals surface area (Å²) < 4.78 is 1.77. The van der Waals surface area contributed by atoms with Crippen molar-refractivity contribution in [3.8, 4) is 0 Å². The molecule has 0 aliphatic heterocycles. The normalized spacial score (nSPS) is 12.2. The van der Waals surface area contributed by atoms with E-state index in [4.69, 9.17) is 0 Å². The smallest absolute Gasteiger partial charge is 0.314 e. The van der Waals surface area contributed by atoms with Crippen LogP contribution in [0.1, 0.15) is 28.3 Å². The van der Waals surface area contributed by atoms with Crippen LogP contribution in [0, 0.1) is 13.8 Å². The molecule has 2 rings (SSSR count). The number of nitrogens with zero attached hydrogens (tertiary/aromatic N) is 3. The Morgan fingerprint density at radius 1 is 1.28 bits per heavy atom. The zero-order valence-corrected chi connectivity index (χ0v) is 15.8. The number of carbonyl (C=O) groups is 1. The van der Waals surface area contributed by atoms with E-state index in [1.807, 2.05) is 33.5 Å². The van der Waals surface area contributed by atoms with E-state index in [-0.39, 0.29) is 12.1 Å². The third kappa shape index (κ3) is 5.60. The second-order valence-corrected chi connectivity index (χ2v) is 6.74. The first-order valence-corrected chi connectivity index (χ1v) is 8.59. The summed E-state index contributed by atoms with van der Waals surface area (Å²) in [5.41, 5.74) is 4.89. The van der Waals surface area contributed by atoms with E-state index in [1.54, 1.807) is 4.68 Å². The Balaban J connectivity index is 1.79. The van der Waals surface area contributed by atoms with Crippen molar-refractivity contribution in [3.05, 3.63) is 52.8 Å². The maximum atomic E-state index is 12.1. The van der Waals surface area contributed by atoms with Gasteiger partial charge in [-0.15, -0.1) is 0 Å². The van der Waals surface area contributed by atoms with Gasteiger partial charge >= 0.3 is 6.03 Å². The number of amides is 2. The lowest BCUT2D eigenvalue weighted by molar-refractivity contribution is 0.233. The van der Waals surface area contributed by atoms with Crippen molar-refractivity contribution in [3.63, 3.8) is 0 Å². The number of nitrogens with one attached hydrogen (secondary N) is 2. The van der Waals surface area contributed by atoms with E-state index in [0.717, 1.165) is 12.0 Å². The van der Waals surface area contributed by atoms with Crippen molar-refractivity contribution in [2.24, 2.45) is 7.05 Å². The summed E-state index contributed by atoms with van der Waals surface area (Å²) in [6, 6.07) is 6.37. The van der Waals surface area contributed by atoms with Crippen LogP contribution < -0.4 is 10.6 Å². The number of hydrogen-bond acceptors (Lipinski definition) is 3. The predicted molar refractivity (Wildman–Crippen MR) is 101 cm³/mol. The van der Waals surface area contributed by atoms with Crippen LogP contribution in [0.5, 0.6) is 0 Å². The summed E-state index contributed by atoms with van der Waals surface area (Å²) in [6.45, 7) is 5.35. The van der Waals surface area contributed by atoms with E-state index in [1.165, 1.54) is 16.7 Å².